The number of amides is 1. The standard InChI is InChI=1S/C18H22N2O/c1-2-13-10-18(21)20(11-13)12-17(19)16-9-5-7-14-6-3-4-8-15(14)16/h3-9,13,17H,2,10-12,19H2,1H3. The van der Waals surface area contributed by atoms with Gasteiger partial charge >= 0.3 is 0 Å². The minimum Gasteiger partial charge on any atom is -0.340 e. The van der Waals surface area contributed by atoms with E-state index >= 15 is 0 Å². The molecule has 0 spiro atoms. The summed E-state index contributed by atoms with van der Waals surface area (Å²) >= 11 is 0. The second kappa shape index (κ2) is 5.86. The van der Waals surface area contributed by atoms with Crippen LogP contribution in [0.25, 0.3) is 10.8 Å². The van der Waals surface area contributed by atoms with E-state index in [0.29, 0.717) is 18.9 Å². The lowest BCUT2D eigenvalue weighted by Crippen LogP contribution is -2.33. The predicted molar refractivity (Wildman–Crippen MR) is 85.9 cm³/mol. The third kappa shape index (κ3) is 2.79. The van der Waals surface area contributed by atoms with Crippen molar-refractivity contribution in [1.29, 1.82) is 0 Å². The lowest BCUT2D eigenvalue weighted by molar-refractivity contribution is -0.127. The average molecular weight is 282 g/mol. The zero-order chi connectivity index (χ0) is 14.8. The number of nitrogens with two attached hydrogens (primary N) is 1. The van der Waals surface area contributed by atoms with Crippen LogP contribution in [0, 0.1) is 5.92 Å². The van der Waals surface area contributed by atoms with E-state index in [1.165, 1.54) is 10.8 Å². The van der Waals surface area contributed by atoms with Gasteiger partial charge in [-0.25, -0.2) is 0 Å². The summed E-state index contributed by atoms with van der Waals surface area (Å²) in [6, 6.07) is 14.4. The third-order valence-corrected chi connectivity index (χ3v) is 4.51. The minimum atomic E-state index is -0.129. The van der Waals surface area contributed by atoms with Crippen LogP contribution >= 0.6 is 0 Å². The lowest BCUT2D eigenvalue weighted by Gasteiger charge is -2.22. The fourth-order valence-electron chi connectivity index (χ4n) is 3.21. The molecule has 1 aliphatic heterocycles. The molecular weight excluding hydrogens is 260 g/mol. The van der Waals surface area contributed by atoms with Crippen LogP contribution in [0.1, 0.15) is 31.4 Å². The van der Waals surface area contributed by atoms with Gasteiger partial charge in [0.05, 0.1) is 0 Å². The first-order valence-corrected chi connectivity index (χ1v) is 7.70. The summed E-state index contributed by atoms with van der Waals surface area (Å²) in [5, 5.41) is 2.39. The molecule has 0 aromatic heterocycles. The van der Waals surface area contributed by atoms with Crippen LogP contribution in [-0.2, 0) is 4.79 Å². The highest BCUT2D eigenvalue weighted by atomic mass is 16.2. The number of likely N-dealkylation sites (tertiary alicyclic amines) is 1. The first-order chi connectivity index (χ1) is 10.2. The van der Waals surface area contributed by atoms with Crippen molar-refractivity contribution in [3.8, 4) is 0 Å². The van der Waals surface area contributed by atoms with Gasteiger partial charge < -0.3 is 10.6 Å². The molecule has 2 aromatic rings. The molecule has 0 radical (unpaired) electrons. The van der Waals surface area contributed by atoms with Crippen LogP contribution in [-0.4, -0.2) is 23.9 Å². The van der Waals surface area contributed by atoms with Gasteiger partial charge in [0, 0.05) is 25.6 Å². The van der Waals surface area contributed by atoms with Gasteiger partial charge in [0.15, 0.2) is 0 Å². The van der Waals surface area contributed by atoms with Crippen molar-refractivity contribution in [2.24, 2.45) is 11.7 Å². The second-order valence-corrected chi connectivity index (χ2v) is 5.95. The first-order valence-electron chi connectivity index (χ1n) is 7.70. The molecule has 21 heavy (non-hydrogen) atoms. The highest BCUT2D eigenvalue weighted by molar-refractivity contribution is 5.86. The van der Waals surface area contributed by atoms with Gasteiger partial charge in [-0.15, -0.1) is 0 Å². The highest BCUT2D eigenvalue weighted by Crippen LogP contribution is 2.26. The van der Waals surface area contributed by atoms with E-state index in [1.54, 1.807) is 0 Å². The first kappa shape index (κ1) is 14.1. The van der Waals surface area contributed by atoms with Gasteiger partial charge in [0.1, 0.15) is 0 Å². The van der Waals surface area contributed by atoms with E-state index < -0.39 is 0 Å². The number of hydrogen-bond acceptors (Lipinski definition) is 2. The molecule has 1 amide bonds. The van der Waals surface area contributed by atoms with E-state index in [0.717, 1.165) is 18.5 Å². The van der Waals surface area contributed by atoms with Gasteiger partial charge in [-0.1, -0.05) is 55.8 Å². The average Bonchev–Trinajstić information content (AvgIpc) is 2.87. The van der Waals surface area contributed by atoms with E-state index in [4.69, 9.17) is 5.73 Å². The van der Waals surface area contributed by atoms with E-state index in [2.05, 4.69) is 31.2 Å². The Balaban J connectivity index is 1.81. The molecule has 3 nitrogen and oxygen atoms in total. The van der Waals surface area contributed by atoms with Crippen LogP contribution in [0.4, 0.5) is 0 Å². The molecule has 2 unspecified atom stereocenters. The maximum Gasteiger partial charge on any atom is 0.222 e. The van der Waals surface area contributed by atoms with Crippen molar-refractivity contribution in [2.45, 2.75) is 25.8 Å². The molecule has 1 aliphatic rings. The van der Waals surface area contributed by atoms with Crippen molar-refractivity contribution >= 4 is 16.7 Å². The van der Waals surface area contributed by atoms with Crippen molar-refractivity contribution in [2.75, 3.05) is 13.1 Å². The Morgan fingerprint density at radius 2 is 2.00 bits per heavy atom. The zero-order valence-corrected chi connectivity index (χ0v) is 12.5. The number of carbonyl (C=O) groups is 1. The van der Waals surface area contributed by atoms with Gasteiger partial charge in [0.2, 0.25) is 5.91 Å². The quantitative estimate of drug-likeness (QED) is 0.936. The number of benzene rings is 2. The lowest BCUT2D eigenvalue weighted by atomic mass is 9.99. The molecule has 0 bridgehead atoms. The number of nitrogens with zero attached hydrogens (tertiary/aromatic N) is 1. The topological polar surface area (TPSA) is 46.3 Å². The maximum atomic E-state index is 12.0. The number of hydrogen-bond donors (Lipinski definition) is 1. The minimum absolute atomic E-state index is 0.129. The van der Waals surface area contributed by atoms with Gasteiger partial charge in [0.25, 0.3) is 0 Å². The van der Waals surface area contributed by atoms with Gasteiger partial charge in [-0.2, -0.15) is 0 Å². The van der Waals surface area contributed by atoms with E-state index in [-0.39, 0.29) is 11.9 Å². The maximum absolute atomic E-state index is 12.0. The van der Waals surface area contributed by atoms with Gasteiger partial charge in [-0.05, 0) is 22.3 Å². The van der Waals surface area contributed by atoms with E-state index in [9.17, 15) is 4.79 Å². The number of rotatable bonds is 4. The van der Waals surface area contributed by atoms with Crippen molar-refractivity contribution < 1.29 is 4.79 Å². The Morgan fingerprint density at radius 1 is 1.24 bits per heavy atom. The molecule has 1 heterocycles. The SMILES string of the molecule is CCC1CC(=O)N(CC(N)c2cccc3ccccc23)C1. The van der Waals surface area contributed by atoms with Crippen LogP contribution < -0.4 is 5.73 Å². The zero-order valence-electron chi connectivity index (χ0n) is 12.5. The summed E-state index contributed by atoms with van der Waals surface area (Å²) in [4.78, 5) is 14.0. The summed E-state index contributed by atoms with van der Waals surface area (Å²) in [6.07, 6.45) is 1.74. The smallest absolute Gasteiger partial charge is 0.222 e. The van der Waals surface area contributed by atoms with Crippen LogP contribution in [0.2, 0.25) is 0 Å². The normalized spacial score (nSPS) is 20.2. The highest BCUT2D eigenvalue weighted by Gasteiger charge is 2.29. The summed E-state index contributed by atoms with van der Waals surface area (Å²) < 4.78 is 0. The molecule has 2 aromatic carbocycles. The van der Waals surface area contributed by atoms with Crippen LogP contribution in [0.3, 0.4) is 0 Å². The predicted octanol–water partition coefficient (Wildman–Crippen LogP) is 3.10. The molecule has 0 aliphatic carbocycles. The monoisotopic (exact) mass is 282 g/mol. The molecule has 0 saturated carbocycles. The summed E-state index contributed by atoms with van der Waals surface area (Å²) in [5.74, 6) is 0.745. The van der Waals surface area contributed by atoms with E-state index in [1.807, 2.05) is 23.1 Å². The summed E-state index contributed by atoms with van der Waals surface area (Å²) in [5.41, 5.74) is 7.52. The second-order valence-electron chi connectivity index (χ2n) is 5.95. The molecule has 1 fully saturated rings. The molecule has 3 heteroatoms. The Kier molecular flexibility index (Phi) is 3.93. The molecular formula is C18H22N2O. The fraction of sp³-hybridized carbons (Fsp3) is 0.389. The Labute approximate surface area is 125 Å². The van der Waals surface area contributed by atoms with Crippen LogP contribution in [0.5, 0.6) is 0 Å². The largest absolute Gasteiger partial charge is 0.340 e. The third-order valence-electron chi connectivity index (χ3n) is 4.51. The fourth-order valence-corrected chi connectivity index (χ4v) is 3.21. The Hall–Kier alpha value is -1.87. The Bertz CT molecular complexity index is 647. The molecule has 110 valence electrons. The van der Waals surface area contributed by atoms with Crippen molar-refractivity contribution in [3.05, 3.63) is 48.0 Å². The number of carbonyl (C=O) groups excluding carboxylic acids is 1. The van der Waals surface area contributed by atoms with Crippen LogP contribution in [0.15, 0.2) is 42.5 Å². The summed E-state index contributed by atoms with van der Waals surface area (Å²) in [6.45, 7) is 3.61. The van der Waals surface area contributed by atoms with Crippen molar-refractivity contribution in [1.82, 2.24) is 4.90 Å². The Morgan fingerprint density at radius 3 is 2.76 bits per heavy atom. The van der Waals surface area contributed by atoms with Gasteiger partial charge in [-0.3, -0.25) is 4.79 Å². The molecule has 2 N–H and O–H groups in total. The summed E-state index contributed by atoms with van der Waals surface area (Å²) in [7, 11) is 0. The molecule has 3 rings (SSSR count). The number of fused-ring (bicyclic) bond motifs is 1. The van der Waals surface area contributed by atoms with Crippen molar-refractivity contribution in [3.63, 3.8) is 0 Å². The molecule has 1 saturated heterocycles. The molecule has 2 atom stereocenters.